The lowest BCUT2D eigenvalue weighted by Crippen LogP contribution is -2.21. The summed E-state index contributed by atoms with van der Waals surface area (Å²) >= 11 is 5.85. The van der Waals surface area contributed by atoms with E-state index < -0.39 is 0 Å². The van der Waals surface area contributed by atoms with E-state index in [1.165, 1.54) is 12.0 Å². The van der Waals surface area contributed by atoms with Crippen molar-refractivity contribution in [1.29, 1.82) is 0 Å². The lowest BCUT2D eigenvalue weighted by Gasteiger charge is -2.22. The molecule has 0 heterocycles. The van der Waals surface area contributed by atoms with E-state index in [-0.39, 0.29) is 0 Å². The fourth-order valence-electron chi connectivity index (χ4n) is 2.32. The Balaban J connectivity index is 2.05. The highest BCUT2D eigenvalue weighted by molar-refractivity contribution is 6.30. The summed E-state index contributed by atoms with van der Waals surface area (Å²) in [5, 5.41) is 13.2. The molecule has 2 nitrogen and oxygen atoms in total. The summed E-state index contributed by atoms with van der Waals surface area (Å²) in [6.07, 6.45) is 5.40. The van der Waals surface area contributed by atoms with Crippen LogP contribution in [-0.4, -0.2) is 10.9 Å². The zero-order valence-corrected chi connectivity index (χ0v) is 9.95. The van der Waals surface area contributed by atoms with E-state index in [1.54, 1.807) is 0 Å². The van der Waals surface area contributed by atoms with Crippen LogP contribution >= 0.6 is 11.6 Å². The smallest absolute Gasteiger partial charge is 0.0604 e. The molecule has 1 aliphatic rings. The molecule has 0 bridgehead atoms. The Morgan fingerprint density at radius 2 is 2.00 bits per heavy atom. The second-order valence-electron chi connectivity index (χ2n) is 4.36. The Labute approximate surface area is 101 Å². The van der Waals surface area contributed by atoms with E-state index in [1.807, 2.05) is 24.3 Å². The van der Waals surface area contributed by atoms with Crippen molar-refractivity contribution < 1.29 is 5.21 Å². The molecule has 1 aromatic carbocycles. The van der Waals surface area contributed by atoms with Gasteiger partial charge in [0.05, 0.1) is 5.71 Å². The molecule has 0 radical (unpaired) electrons. The normalized spacial score (nSPS) is 23.6. The second kappa shape index (κ2) is 5.35. The Bertz CT molecular complexity index is 372. The number of oxime groups is 1. The summed E-state index contributed by atoms with van der Waals surface area (Å²) in [6, 6.07) is 7.92. The van der Waals surface area contributed by atoms with Gasteiger partial charge in [0.25, 0.3) is 0 Å². The standard InChI is InChI=1S/C13H16ClNO/c14-12-7-5-10(6-8-12)9-11-3-1-2-4-13(11)15-16/h5-8,11,16H,1-4,9H2/b15-13+. The van der Waals surface area contributed by atoms with Gasteiger partial charge in [0.2, 0.25) is 0 Å². The first kappa shape index (κ1) is 11.5. The topological polar surface area (TPSA) is 32.6 Å². The Kier molecular flexibility index (Phi) is 3.83. The molecular weight excluding hydrogens is 222 g/mol. The lowest BCUT2D eigenvalue weighted by atomic mass is 9.83. The molecule has 1 fully saturated rings. The molecule has 1 saturated carbocycles. The molecule has 0 saturated heterocycles. The van der Waals surface area contributed by atoms with Gasteiger partial charge in [0, 0.05) is 10.9 Å². The summed E-state index contributed by atoms with van der Waals surface area (Å²) < 4.78 is 0. The third kappa shape index (κ3) is 2.76. The molecule has 0 aliphatic heterocycles. The van der Waals surface area contributed by atoms with Gasteiger partial charge in [-0.15, -0.1) is 0 Å². The van der Waals surface area contributed by atoms with Crippen LogP contribution in [0.4, 0.5) is 0 Å². The van der Waals surface area contributed by atoms with Gasteiger partial charge in [-0.05, 0) is 43.4 Å². The quantitative estimate of drug-likeness (QED) is 0.614. The summed E-state index contributed by atoms with van der Waals surface area (Å²) in [4.78, 5) is 0. The average Bonchev–Trinajstić information content (AvgIpc) is 2.33. The summed E-state index contributed by atoms with van der Waals surface area (Å²) in [5.74, 6) is 0.403. The predicted octanol–water partition coefficient (Wildman–Crippen LogP) is 3.90. The van der Waals surface area contributed by atoms with Crippen LogP contribution in [0.15, 0.2) is 29.4 Å². The first-order valence-corrected chi connectivity index (χ1v) is 6.12. The SMILES string of the molecule is O/N=C1\CCCCC1Cc1ccc(Cl)cc1. The van der Waals surface area contributed by atoms with Crippen molar-refractivity contribution in [1.82, 2.24) is 0 Å². The Hall–Kier alpha value is -1.02. The van der Waals surface area contributed by atoms with E-state index in [9.17, 15) is 0 Å². The molecule has 1 unspecified atom stereocenters. The van der Waals surface area contributed by atoms with Crippen molar-refractivity contribution in [3.05, 3.63) is 34.9 Å². The maximum Gasteiger partial charge on any atom is 0.0604 e. The molecule has 3 heteroatoms. The van der Waals surface area contributed by atoms with E-state index in [2.05, 4.69) is 5.16 Å². The van der Waals surface area contributed by atoms with Crippen LogP contribution in [-0.2, 0) is 6.42 Å². The minimum atomic E-state index is 0.403. The minimum absolute atomic E-state index is 0.403. The number of rotatable bonds is 2. The van der Waals surface area contributed by atoms with Crippen LogP contribution in [0.2, 0.25) is 5.02 Å². The molecule has 0 aromatic heterocycles. The van der Waals surface area contributed by atoms with Gasteiger partial charge in [-0.2, -0.15) is 0 Å². The fourth-order valence-corrected chi connectivity index (χ4v) is 2.45. The van der Waals surface area contributed by atoms with Crippen LogP contribution in [0, 0.1) is 5.92 Å². The van der Waals surface area contributed by atoms with E-state index in [0.717, 1.165) is 36.4 Å². The van der Waals surface area contributed by atoms with Crippen LogP contribution in [0.25, 0.3) is 0 Å². The van der Waals surface area contributed by atoms with Gasteiger partial charge < -0.3 is 5.21 Å². The van der Waals surface area contributed by atoms with Gasteiger partial charge in [0.1, 0.15) is 0 Å². The largest absolute Gasteiger partial charge is 0.411 e. The summed E-state index contributed by atoms with van der Waals surface area (Å²) in [6.45, 7) is 0. The Morgan fingerprint density at radius 3 is 2.69 bits per heavy atom. The number of hydrogen-bond donors (Lipinski definition) is 1. The number of halogens is 1. The van der Waals surface area contributed by atoms with Gasteiger partial charge in [-0.25, -0.2) is 0 Å². The third-order valence-electron chi connectivity index (χ3n) is 3.23. The fraction of sp³-hybridized carbons (Fsp3) is 0.462. The van der Waals surface area contributed by atoms with Crippen molar-refractivity contribution in [3.8, 4) is 0 Å². The molecule has 1 aliphatic carbocycles. The van der Waals surface area contributed by atoms with E-state index >= 15 is 0 Å². The first-order valence-electron chi connectivity index (χ1n) is 5.75. The molecule has 16 heavy (non-hydrogen) atoms. The monoisotopic (exact) mass is 237 g/mol. The average molecular weight is 238 g/mol. The van der Waals surface area contributed by atoms with Crippen molar-refractivity contribution in [3.63, 3.8) is 0 Å². The van der Waals surface area contributed by atoms with Crippen LogP contribution in [0.5, 0.6) is 0 Å². The van der Waals surface area contributed by atoms with Crippen LogP contribution in [0.3, 0.4) is 0 Å². The van der Waals surface area contributed by atoms with Gasteiger partial charge in [0.15, 0.2) is 0 Å². The zero-order chi connectivity index (χ0) is 11.4. The summed E-state index contributed by atoms with van der Waals surface area (Å²) in [5.41, 5.74) is 2.22. The van der Waals surface area contributed by atoms with Crippen molar-refractivity contribution in [2.24, 2.45) is 11.1 Å². The van der Waals surface area contributed by atoms with Gasteiger partial charge >= 0.3 is 0 Å². The zero-order valence-electron chi connectivity index (χ0n) is 9.19. The van der Waals surface area contributed by atoms with Crippen molar-refractivity contribution in [2.45, 2.75) is 32.1 Å². The maximum absolute atomic E-state index is 8.95. The first-order chi connectivity index (χ1) is 7.79. The number of benzene rings is 1. The van der Waals surface area contributed by atoms with Gasteiger partial charge in [-0.1, -0.05) is 35.3 Å². The maximum atomic E-state index is 8.95. The van der Waals surface area contributed by atoms with Crippen molar-refractivity contribution in [2.75, 3.05) is 0 Å². The highest BCUT2D eigenvalue weighted by atomic mass is 35.5. The van der Waals surface area contributed by atoms with Gasteiger partial charge in [-0.3, -0.25) is 0 Å². The second-order valence-corrected chi connectivity index (χ2v) is 4.80. The lowest BCUT2D eigenvalue weighted by molar-refractivity contribution is 0.308. The molecule has 0 spiro atoms. The molecular formula is C13H16ClNO. The highest BCUT2D eigenvalue weighted by Gasteiger charge is 2.21. The Morgan fingerprint density at radius 1 is 1.25 bits per heavy atom. The van der Waals surface area contributed by atoms with Crippen LogP contribution < -0.4 is 0 Å². The molecule has 1 aromatic rings. The number of nitrogens with zero attached hydrogens (tertiary/aromatic N) is 1. The predicted molar refractivity (Wildman–Crippen MR) is 66.3 cm³/mol. The summed E-state index contributed by atoms with van der Waals surface area (Å²) in [7, 11) is 0. The van der Waals surface area contributed by atoms with E-state index in [0.29, 0.717) is 5.92 Å². The highest BCUT2D eigenvalue weighted by Crippen LogP contribution is 2.25. The molecule has 2 rings (SSSR count). The van der Waals surface area contributed by atoms with Crippen LogP contribution in [0.1, 0.15) is 31.2 Å². The number of hydrogen-bond acceptors (Lipinski definition) is 2. The minimum Gasteiger partial charge on any atom is -0.411 e. The molecule has 0 amide bonds. The molecule has 86 valence electrons. The van der Waals surface area contributed by atoms with Crippen molar-refractivity contribution >= 4 is 17.3 Å². The van der Waals surface area contributed by atoms with E-state index in [4.69, 9.17) is 16.8 Å². The third-order valence-corrected chi connectivity index (χ3v) is 3.48. The molecule has 1 atom stereocenters. The molecule has 1 N–H and O–H groups in total.